The fourth-order valence-electron chi connectivity index (χ4n) is 3.17. The Balaban J connectivity index is 1.77. The fraction of sp³-hybridized carbons (Fsp3) is 0.929. The molecular weight excluding hydrogens is 226 g/mol. The van der Waals surface area contributed by atoms with Gasteiger partial charge in [-0.2, -0.15) is 0 Å². The van der Waals surface area contributed by atoms with Gasteiger partial charge in [-0.3, -0.25) is 0 Å². The number of amides is 2. The molecule has 18 heavy (non-hydrogen) atoms. The Bertz CT molecular complexity index is 268. The van der Waals surface area contributed by atoms with Crippen molar-refractivity contribution in [1.29, 1.82) is 0 Å². The number of likely N-dealkylation sites (tertiary alicyclic amines) is 1. The minimum Gasteiger partial charge on any atom is -0.337 e. The van der Waals surface area contributed by atoms with E-state index in [1.807, 2.05) is 11.9 Å². The highest BCUT2D eigenvalue weighted by Gasteiger charge is 2.27. The largest absolute Gasteiger partial charge is 0.337 e. The smallest absolute Gasteiger partial charge is 0.317 e. The van der Waals surface area contributed by atoms with Crippen LogP contribution in [0.5, 0.6) is 0 Å². The first-order valence-electron chi connectivity index (χ1n) is 7.51. The lowest BCUT2D eigenvalue weighted by atomic mass is 9.95. The molecule has 0 aromatic rings. The van der Waals surface area contributed by atoms with Gasteiger partial charge in [-0.25, -0.2) is 4.79 Å². The van der Waals surface area contributed by atoms with E-state index in [-0.39, 0.29) is 6.03 Å². The Morgan fingerprint density at radius 2 is 1.72 bits per heavy atom. The molecule has 0 bridgehead atoms. The van der Waals surface area contributed by atoms with E-state index in [0.29, 0.717) is 12.1 Å². The zero-order valence-electron chi connectivity index (χ0n) is 11.9. The number of quaternary nitrogens is 1. The highest BCUT2D eigenvalue weighted by molar-refractivity contribution is 5.74. The second-order valence-electron chi connectivity index (χ2n) is 6.08. The maximum Gasteiger partial charge on any atom is 0.317 e. The van der Waals surface area contributed by atoms with Gasteiger partial charge in [-0.1, -0.05) is 19.3 Å². The zero-order chi connectivity index (χ0) is 13.0. The summed E-state index contributed by atoms with van der Waals surface area (Å²) in [7, 11) is 4.20. The molecule has 2 amide bonds. The minimum atomic E-state index is 0.145. The normalized spacial score (nSPS) is 29.9. The van der Waals surface area contributed by atoms with E-state index >= 15 is 0 Å². The van der Waals surface area contributed by atoms with Crippen molar-refractivity contribution < 1.29 is 9.69 Å². The summed E-state index contributed by atoms with van der Waals surface area (Å²) >= 11 is 0. The van der Waals surface area contributed by atoms with Gasteiger partial charge in [-0.15, -0.1) is 0 Å². The van der Waals surface area contributed by atoms with E-state index in [1.165, 1.54) is 32.4 Å². The van der Waals surface area contributed by atoms with Crippen molar-refractivity contribution in [1.82, 2.24) is 10.2 Å². The Morgan fingerprint density at radius 3 is 2.33 bits per heavy atom. The quantitative estimate of drug-likeness (QED) is 0.745. The Labute approximate surface area is 111 Å². The zero-order valence-corrected chi connectivity index (χ0v) is 11.9. The molecule has 1 heterocycles. The van der Waals surface area contributed by atoms with Crippen molar-refractivity contribution in [3.05, 3.63) is 0 Å². The number of rotatable bonds is 2. The first-order chi connectivity index (χ1) is 8.66. The molecule has 2 fully saturated rings. The lowest BCUT2D eigenvalue weighted by Gasteiger charge is -2.34. The molecule has 2 rings (SSSR count). The van der Waals surface area contributed by atoms with Gasteiger partial charge in [0.1, 0.15) is 0 Å². The molecule has 1 aliphatic carbocycles. The van der Waals surface area contributed by atoms with Crippen molar-refractivity contribution in [3.63, 3.8) is 0 Å². The van der Waals surface area contributed by atoms with Crippen LogP contribution in [0.15, 0.2) is 0 Å². The van der Waals surface area contributed by atoms with Gasteiger partial charge in [0.25, 0.3) is 0 Å². The number of nitrogens with one attached hydrogen (secondary N) is 2. The molecule has 1 saturated carbocycles. The summed E-state index contributed by atoms with van der Waals surface area (Å²) in [5, 5.41) is 3.21. The molecule has 0 radical (unpaired) electrons. The molecule has 2 N–H and O–H groups in total. The van der Waals surface area contributed by atoms with Crippen LogP contribution < -0.4 is 10.2 Å². The number of piperidine rings is 1. The first-order valence-corrected chi connectivity index (χ1v) is 7.51. The van der Waals surface area contributed by atoms with Crippen LogP contribution in [-0.2, 0) is 0 Å². The number of urea groups is 1. The molecular formula is C14H28N3O+. The molecule has 0 unspecified atom stereocenters. The molecule has 1 saturated heterocycles. The summed E-state index contributed by atoms with van der Waals surface area (Å²) in [4.78, 5) is 15.7. The molecule has 0 spiro atoms. The molecule has 4 nitrogen and oxygen atoms in total. The average Bonchev–Trinajstić information content (AvgIpc) is 2.40. The third kappa shape index (κ3) is 3.61. The predicted molar refractivity (Wildman–Crippen MR) is 72.8 cm³/mol. The topological polar surface area (TPSA) is 36.8 Å². The summed E-state index contributed by atoms with van der Waals surface area (Å²) in [6.45, 7) is 2.37. The second kappa shape index (κ2) is 6.41. The molecule has 104 valence electrons. The van der Waals surface area contributed by atoms with E-state index < -0.39 is 0 Å². The number of carbonyl (C=O) groups is 1. The number of hydrogen-bond donors (Lipinski definition) is 2. The van der Waals surface area contributed by atoms with Crippen LogP contribution in [0.3, 0.4) is 0 Å². The molecule has 4 heteroatoms. The number of nitrogens with zero attached hydrogens (tertiary/aromatic N) is 1. The van der Waals surface area contributed by atoms with E-state index in [1.54, 1.807) is 4.90 Å². The summed E-state index contributed by atoms with van der Waals surface area (Å²) in [5.74, 6) is 0. The van der Waals surface area contributed by atoms with Crippen molar-refractivity contribution in [3.8, 4) is 0 Å². The van der Waals surface area contributed by atoms with Gasteiger partial charge in [0.05, 0.1) is 20.1 Å². The van der Waals surface area contributed by atoms with Crippen molar-refractivity contribution in [2.45, 2.75) is 57.0 Å². The van der Waals surface area contributed by atoms with E-state index in [9.17, 15) is 4.79 Å². The number of carbonyl (C=O) groups excluding carboxylic acids is 1. The third-order valence-electron chi connectivity index (χ3n) is 4.61. The van der Waals surface area contributed by atoms with Crippen molar-refractivity contribution in [2.75, 3.05) is 27.2 Å². The Morgan fingerprint density at radius 1 is 1.11 bits per heavy atom. The lowest BCUT2D eigenvalue weighted by molar-refractivity contribution is -0.885. The maximum atomic E-state index is 12.2. The van der Waals surface area contributed by atoms with Gasteiger partial charge in [-0.05, 0) is 12.8 Å². The molecule has 0 aromatic heterocycles. The highest BCUT2D eigenvalue weighted by atomic mass is 16.2. The van der Waals surface area contributed by atoms with Gasteiger partial charge >= 0.3 is 6.03 Å². The highest BCUT2D eigenvalue weighted by Crippen LogP contribution is 2.18. The van der Waals surface area contributed by atoms with Gasteiger partial charge in [0.15, 0.2) is 0 Å². The van der Waals surface area contributed by atoms with Crippen LogP contribution >= 0.6 is 0 Å². The van der Waals surface area contributed by atoms with E-state index in [0.717, 1.165) is 25.7 Å². The molecule has 1 aliphatic heterocycles. The Kier molecular flexibility index (Phi) is 4.87. The third-order valence-corrected chi connectivity index (χ3v) is 4.61. The number of hydrogen-bond acceptors (Lipinski definition) is 1. The molecule has 2 aliphatic rings. The summed E-state index contributed by atoms with van der Waals surface area (Å²) in [5.41, 5.74) is 0. The lowest BCUT2D eigenvalue weighted by Crippen LogP contribution is -3.10. The van der Waals surface area contributed by atoms with Crippen LogP contribution in [0.4, 0.5) is 4.79 Å². The second-order valence-corrected chi connectivity index (χ2v) is 6.08. The summed E-state index contributed by atoms with van der Waals surface area (Å²) < 4.78 is 0. The van der Waals surface area contributed by atoms with Crippen molar-refractivity contribution >= 4 is 6.03 Å². The summed E-state index contributed by atoms with van der Waals surface area (Å²) in [6, 6.07) is 1.01. The maximum absolute atomic E-state index is 12.2. The fourth-order valence-corrected chi connectivity index (χ4v) is 3.17. The van der Waals surface area contributed by atoms with E-state index in [2.05, 4.69) is 12.4 Å². The van der Waals surface area contributed by atoms with Crippen molar-refractivity contribution in [2.24, 2.45) is 0 Å². The van der Waals surface area contributed by atoms with Gasteiger partial charge in [0, 0.05) is 32.0 Å². The SMILES string of the molecule is CN(C(=O)NC1CCCCC1)C1CC[NH+](C)CC1. The minimum absolute atomic E-state index is 0.145. The van der Waals surface area contributed by atoms with Gasteiger partial charge in [0.2, 0.25) is 0 Å². The van der Waals surface area contributed by atoms with Crippen LogP contribution in [0.25, 0.3) is 0 Å². The molecule has 0 atom stereocenters. The first kappa shape index (κ1) is 13.7. The standard InChI is InChI=1S/C14H27N3O/c1-16-10-8-13(9-11-16)17(2)14(18)15-12-6-4-3-5-7-12/h12-13H,3-11H2,1-2H3,(H,15,18)/p+1. The van der Waals surface area contributed by atoms with Gasteiger partial charge < -0.3 is 15.1 Å². The average molecular weight is 254 g/mol. The Hall–Kier alpha value is -0.770. The van der Waals surface area contributed by atoms with Crippen LogP contribution in [-0.4, -0.2) is 50.2 Å². The van der Waals surface area contributed by atoms with E-state index in [4.69, 9.17) is 0 Å². The predicted octanol–water partition coefficient (Wildman–Crippen LogP) is 0.638. The monoisotopic (exact) mass is 254 g/mol. The van der Waals surface area contributed by atoms with Crippen LogP contribution in [0.2, 0.25) is 0 Å². The van der Waals surface area contributed by atoms with Crippen LogP contribution in [0, 0.1) is 0 Å². The summed E-state index contributed by atoms with van der Waals surface area (Å²) in [6.07, 6.45) is 8.48. The molecule has 0 aromatic carbocycles. The van der Waals surface area contributed by atoms with Crippen LogP contribution in [0.1, 0.15) is 44.9 Å².